The number of halogens is 1. The third kappa shape index (κ3) is 5.27. The number of furan rings is 1. The summed E-state index contributed by atoms with van der Waals surface area (Å²) in [7, 11) is -4.12. The molecular formula is C34H30BrN3O6S2. The number of aryl methyl sites for hydroxylation is 1. The Morgan fingerprint density at radius 3 is 2.48 bits per heavy atom. The van der Waals surface area contributed by atoms with Crippen LogP contribution in [0.5, 0.6) is 0 Å². The lowest BCUT2D eigenvalue weighted by atomic mass is 10.1. The summed E-state index contributed by atoms with van der Waals surface area (Å²) in [6, 6.07) is 23.7. The number of thiophene rings is 1. The van der Waals surface area contributed by atoms with Crippen LogP contribution in [0.25, 0.3) is 11.0 Å². The Bertz CT molecular complexity index is 2080. The topological polar surface area (TPSA) is 111 Å². The molecule has 5 aromatic rings. The molecule has 2 fully saturated rings. The van der Waals surface area contributed by atoms with Gasteiger partial charge in [0.1, 0.15) is 10.5 Å². The lowest BCUT2D eigenvalue weighted by molar-refractivity contribution is 0.0662. The lowest BCUT2D eigenvalue weighted by Gasteiger charge is -2.38. The van der Waals surface area contributed by atoms with Crippen molar-refractivity contribution in [3.63, 3.8) is 0 Å². The molecule has 0 spiro atoms. The van der Waals surface area contributed by atoms with E-state index >= 15 is 0 Å². The van der Waals surface area contributed by atoms with Gasteiger partial charge in [0.25, 0.3) is 15.9 Å². The van der Waals surface area contributed by atoms with Crippen molar-refractivity contribution in [2.45, 2.75) is 36.7 Å². The van der Waals surface area contributed by atoms with E-state index in [9.17, 15) is 23.1 Å². The largest absolute Gasteiger partial charge is 0.475 e. The molecule has 0 radical (unpaired) electrons. The van der Waals surface area contributed by atoms with E-state index in [1.807, 2.05) is 70.9 Å². The number of nitrogens with zero attached hydrogens (tertiary/aromatic N) is 3. The molecule has 3 aromatic carbocycles. The molecule has 2 atom stereocenters. The first-order chi connectivity index (χ1) is 22.1. The molecule has 0 aliphatic carbocycles. The minimum atomic E-state index is -4.12. The molecule has 0 saturated carbocycles. The maximum atomic E-state index is 14.6. The number of carbonyl (C=O) groups is 2. The number of fused-ring (bicyclic) bond motifs is 3. The highest BCUT2D eigenvalue weighted by Gasteiger charge is 2.47. The van der Waals surface area contributed by atoms with Gasteiger partial charge in [-0.2, -0.15) is 0 Å². The maximum Gasteiger partial charge on any atom is 0.372 e. The standard InChI is InChI=1S/C34H30BrN3O6S2/c1-21-26-18-25(11-12-30(26)44-31(21)34(40)41)46(42,43)38(15-13-22-7-3-2-4-8-22)29-10-6-5-9-28(29)36-19-24-17-23(36)20-37(24)33(39)32-27(35)14-16-45-32/h2-12,14,16,18,23-24H,13,15,17,19-20H2,1H3,(H,40,41). The molecular weight excluding hydrogens is 690 g/mol. The molecule has 2 aliphatic rings. The zero-order valence-electron chi connectivity index (χ0n) is 24.8. The number of anilines is 2. The van der Waals surface area contributed by atoms with Gasteiger partial charge in [-0.25, -0.2) is 13.2 Å². The van der Waals surface area contributed by atoms with Crippen molar-refractivity contribution in [2.24, 2.45) is 0 Å². The maximum absolute atomic E-state index is 14.6. The van der Waals surface area contributed by atoms with Gasteiger partial charge in [-0.15, -0.1) is 11.3 Å². The van der Waals surface area contributed by atoms with Crippen LogP contribution < -0.4 is 9.21 Å². The highest BCUT2D eigenvalue weighted by atomic mass is 79.9. The summed E-state index contributed by atoms with van der Waals surface area (Å²) in [5.41, 5.74) is 3.04. The number of piperazine rings is 1. The Morgan fingerprint density at radius 2 is 1.78 bits per heavy atom. The lowest BCUT2D eigenvalue weighted by Crippen LogP contribution is -2.49. The molecule has 2 bridgehead atoms. The van der Waals surface area contributed by atoms with Gasteiger partial charge in [0.2, 0.25) is 5.76 Å². The Kier molecular flexibility index (Phi) is 7.90. The molecule has 1 N–H and O–H groups in total. The first kappa shape index (κ1) is 30.5. The normalized spacial score (nSPS) is 17.6. The van der Waals surface area contributed by atoms with Crippen LogP contribution in [0.15, 0.2) is 98.0 Å². The number of likely N-dealkylation sites (tertiary alicyclic amines) is 1. The second kappa shape index (κ2) is 11.9. The van der Waals surface area contributed by atoms with Crippen LogP contribution in [0.3, 0.4) is 0 Å². The summed E-state index contributed by atoms with van der Waals surface area (Å²) < 4.78 is 36.9. The van der Waals surface area contributed by atoms with Gasteiger partial charge in [0, 0.05) is 41.1 Å². The average molecular weight is 721 g/mol. The molecule has 236 valence electrons. The third-order valence-corrected chi connectivity index (χ3v) is 12.5. The average Bonchev–Trinajstić information content (AvgIpc) is 3.85. The van der Waals surface area contributed by atoms with Crippen LogP contribution in [0, 0.1) is 6.92 Å². The number of carboxylic acids is 1. The van der Waals surface area contributed by atoms with Crippen molar-refractivity contribution >= 4 is 71.5 Å². The van der Waals surface area contributed by atoms with Crippen LogP contribution in [0.2, 0.25) is 0 Å². The van der Waals surface area contributed by atoms with E-state index in [0.717, 1.165) is 22.1 Å². The van der Waals surface area contributed by atoms with Gasteiger partial charge in [0.05, 0.1) is 22.3 Å². The van der Waals surface area contributed by atoms with Crippen LogP contribution in [-0.4, -0.2) is 62.0 Å². The number of hydrogen-bond acceptors (Lipinski definition) is 7. The number of amides is 1. The summed E-state index contributed by atoms with van der Waals surface area (Å²) in [6.07, 6.45) is 1.29. The summed E-state index contributed by atoms with van der Waals surface area (Å²) in [5, 5.41) is 11.9. The third-order valence-electron chi connectivity index (χ3n) is 8.91. The molecule has 2 saturated heterocycles. The molecule has 4 heterocycles. The highest BCUT2D eigenvalue weighted by molar-refractivity contribution is 9.10. The van der Waals surface area contributed by atoms with E-state index in [4.69, 9.17) is 4.42 Å². The Hall–Kier alpha value is -4.13. The monoisotopic (exact) mass is 719 g/mol. The fourth-order valence-corrected chi connectivity index (χ4v) is 9.64. The van der Waals surface area contributed by atoms with Crippen molar-refractivity contribution in [1.82, 2.24) is 4.90 Å². The molecule has 9 nitrogen and oxygen atoms in total. The first-order valence-corrected chi connectivity index (χ1v) is 18.0. The van der Waals surface area contributed by atoms with Crippen molar-refractivity contribution in [3.8, 4) is 0 Å². The van der Waals surface area contributed by atoms with E-state index in [2.05, 4.69) is 20.8 Å². The predicted molar refractivity (Wildman–Crippen MR) is 182 cm³/mol. The van der Waals surface area contributed by atoms with Gasteiger partial charge in [0.15, 0.2) is 0 Å². The van der Waals surface area contributed by atoms with Crippen LogP contribution in [0.4, 0.5) is 11.4 Å². The Labute approximate surface area is 278 Å². The highest BCUT2D eigenvalue weighted by Crippen LogP contribution is 2.42. The number of carbonyl (C=O) groups excluding carboxylic acids is 1. The van der Waals surface area contributed by atoms with Gasteiger partial charge in [-0.05, 0) is 83.0 Å². The zero-order chi connectivity index (χ0) is 32.2. The van der Waals surface area contributed by atoms with Crippen molar-refractivity contribution < 1.29 is 27.5 Å². The number of para-hydroxylation sites is 2. The predicted octanol–water partition coefficient (Wildman–Crippen LogP) is 6.80. The van der Waals surface area contributed by atoms with E-state index in [-0.39, 0.29) is 35.2 Å². The van der Waals surface area contributed by atoms with Crippen LogP contribution >= 0.6 is 27.3 Å². The van der Waals surface area contributed by atoms with Gasteiger partial charge >= 0.3 is 5.97 Å². The fourth-order valence-electron chi connectivity index (χ4n) is 6.64. The zero-order valence-corrected chi connectivity index (χ0v) is 28.0. The van der Waals surface area contributed by atoms with Crippen LogP contribution in [-0.2, 0) is 16.4 Å². The van der Waals surface area contributed by atoms with Crippen molar-refractivity contribution in [3.05, 3.63) is 110 Å². The molecule has 12 heteroatoms. The van der Waals surface area contributed by atoms with Crippen molar-refractivity contribution in [2.75, 3.05) is 28.8 Å². The van der Waals surface area contributed by atoms with E-state index in [0.29, 0.717) is 46.6 Å². The summed E-state index contributed by atoms with van der Waals surface area (Å²) >= 11 is 4.92. The smallest absolute Gasteiger partial charge is 0.372 e. The van der Waals surface area contributed by atoms with Crippen LogP contribution in [0.1, 0.15) is 37.8 Å². The molecule has 46 heavy (non-hydrogen) atoms. The fraction of sp³-hybridized carbons (Fsp3) is 0.235. The molecule has 2 aliphatic heterocycles. The van der Waals surface area contributed by atoms with Gasteiger partial charge in [-0.1, -0.05) is 42.5 Å². The number of rotatable bonds is 9. The van der Waals surface area contributed by atoms with Gasteiger partial charge < -0.3 is 19.3 Å². The molecule has 1 amide bonds. The van der Waals surface area contributed by atoms with Crippen molar-refractivity contribution in [1.29, 1.82) is 0 Å². The number of benzene rings is 3. The van der Waals surface area contributed by atoms with Gasteiger partial charge in [-0.3, -0.25) is 9.10 Å². The molecule has 7 rings (SSSR count). The molecule has 2 unspecified atom stereocenters. The minimum Gasteiger partial charge on any atom is -0.475 e. The van der Waals surface area contributed by atoms with E-state index in [1.165, 1.54) is 33.8 Å². The quantitative estimate of drug-likeness (QED) is 0.178. The van der Waals surface area contributed by atoms with E-state index in [1.54, 1.807) is 6.92 Å². The summed E-state index contributed by atoms with van der Waals surface area (Å²) in [4.78, 5) is 30.0. The number of aromatic carboxylic acids is 1. The number of sulfonamides is 1. The summed E-state index contributed by atoms with van der Waals surface area (Å²) in [6.45, 7) is 2.95. The Morgan fingerprint density at radius 1 is 1.02 bits per heavy atom. The second-order valence-electron chi connectivity index (χ2n) is 11.6. The minimum absolute atomic E-state index is 0.0174. The first-order valence-electron chi connectivity index (χ1n) is 14.9. The Balaban J connectivity index is 1.25. The summed E-state index contributed by atoms with van der Waals surface area (Å²) in [5.74, 6) is -1.40. The van der Waals surface area contributed by atoms with E-state index < -0.39 is 16.0 Å². The molecule has 2 aromatic heterocycles. The second-order valence-corrected chi connectivity index (χ2v) is 15.2. The number of hydrogen-bond donors (Lipinski definition) is 1. The number of carboxylic acid groups (broad SMARTS) is 1. The SMILES string of the molecule is Cc1c(C(=O)O)oc2ccc(S(=O)(=O)N(CCc3ccccc3)c3ccccc3N3CC4CC3CN4C(=O)c3sccc3Br)cc12.